The van der Waals surface area contributed by atoms with E-state index in [2.05, 4.69) is 260 Å². The molecule has 10 aromatic rings. The minimum Gasteiger partial charge on any atom is -0.309 e. The summed E-state index contributed by atoms with van der Waals surface area (Å²) in [7, 11) is 0. The van der Waals surface area contributed by atoms with E-state index in [1.165, 1.54) is 116 Å². The minimum atomic E-state index is -0.567. The number of hydrogen-bond acceptors (Lipinski definition) is 1. The topological polar surface area (TPSA) is 3.24 Å². The molecule has 0 aromatic heterocycles. The lowest BCUT2D eigenvalue weighted by atomic mass is 9.67. The molecule has 0 aliphatic heterocycles. The molecular weight excluding hydrogens is 819 g/mol. The second-order valence-electron chi connectivity index (χ2n) is 18.5. The van der Waals surface area contributed by atoms with Crippen LogP contribution < -0.4 is 4.90 Å². The number of fused-ring (bicyclic) bond motifs is 3. The molecule has 10 aromatic carbocycles. The van der Waals surface area contributed by atoms with Gasteiger partial charge in [-0.25, -0.2) is 0 Å². The maximum atomic E-state index is 2.58. The number of hydrogen-bond donors (Lipinski definition) is 0. The van der Waals surface area contributed by atoms with E-state index in [9.17, 15) is 0 Å². The maximum absolute atomic E-state index is 2.58. The molecule has 0 unspecified atom stereocenters. The summed E-state index contributed by atoms with van der Waals surface area (Å²) in [5.74, 6) is 0.603. The first-order valence-corrected chi connectivity index (χ1v) is 24.5. The molecule has 0 heterocycles. The van der Waals surface area contributed by atoms with Gasteiger partial charge in [0, 0.05) is 16.8 Å². The van der Waals surface area contributed by atoms with Gasteiger partial charge < -0.3 is 4.90 Å². The molecule has 1 nitrogen and oxygen atoms in total. The quantitative estimate of drug-likeness (QED) is 0.132. The van der Waals surface area contributed by atoms with E-state index < -0.39 is 5.41 Å². The Bertz CT molecular complexity index is 3310. The van der Waals surface area contributed by atoms with Gasteiger partial charge in [0.05, 0.1) is 16.8 Å². The van der Waals surface area contributed by atoms with E-state index in [1.54, 1.807) is 0 Å². The Morgan fingerprint density at radius 3 is 1.37 bits per heavy atom. The summed E-state index contributed by atoms with van der Waals surface area (Å²) in [6.07, 6.45) is 6.48. The summed E-state index contributed by atoms with van der Waals surface area (Å²) in [6.45, 7) is 0. The van der Waals surface area contributed by atoms with E-state index in [1.807, 2.05) is 0 Å². The summed E-state index contributed by atoms with van der Waals surface area (Å²) in [4.78, 5) is 2.58. The van der Waals surface area contributed by atoms with Gasteiger partial charge in [-0.1, -0.05) is 244 Å². The normalized spacial score (nSPS) is 13.9. The first kappa shape index (κ1) is 41.4. The van der Waals surface area contributed by atoms with E-state index in [4.69, 9.17) is 0 Å². The molecule has 0 atom stereocenters. The molecule has 1 fully saturated rings. The van der Waals surface area contributed by atoms with Gasteiger partial charge in [0.15, 0.2) is 0 Å². The summed E-state index contributed by atoms with van der Waals surface area (Å²) in [5, 5.41) is 0. The van der Waals surface area contributed by atoms with Crippen LogP contribution in [0.5, 0.6) is 0 Å². The zero-order chi connectivity index (χ0) is 45.3. The van der Waals surface area contributed by atoms with Crippen molar-refractivity contribution in [2.45, 2.75) is 43.4 Å². The summed E-state index contributed by atoms with van der Waals surface area (Å²) in [6, 6.07) is 95.0. The van der Waals surface area contributed by atoms with Gasteiger partial charge in [-0.2, -0.15) is 0 Å². The van der Waals surface area contributed by atoms with Gasteiger partial charge in [0.25, 0.3) is 0 Å². The zero-order valence-corrected chi connectivity index (χ0v) is 38.3. The lowest BCUT2D eigenvalue weighted by Crippen LogP contribution is -2.28. The van der Waals surface area contributed by atoms with Crippen LogP contribution in [0.4, 0.5) is 17.1 Å². The molecule has 326 valence electrons. The van der Waals surface area contributed by atoms with E-state index in [-0.39, 0.29) is 0 Å². The first-order chi connectivity index (χ1) is 33.8. The van der Waals surface area contributed by atoms with Gasteiger partial charge in [0.2, 0.25) is 0 Å². The van der Waals surface area contributed by atoms with Crippen molar-refractivity contribution >= 4 is 17.1 Å². The Kier molecular flexibility index (Phi) is 11.0. The fourth-order valence-electron chi connectivity index (χ4n) is 11.7. The molecule has 68 heavy (non-hydrogen) atoms. The summed E-state index contributed by atoms with van der Waals surface area (Å²) < 4.78 is 0. The number of nitrogens with zero attached hydrogens (tertiary/aromatic N) is 1. The van der Waals surface area contributed by atoms with Crippen LogP contribution in [0.25, 0.3) is 55.6 Å². The van der Waals surface area contributed by atoms with Crippen LogP contribution in [0, 0.1) is 0 Å². The summed E-state index contributed by atoms with van der Waals surface area (Å²) in [5.41, 5.74) is 21.5. The Morgan fingerprint density at radius 2 is 0.765 bits per heavy atom. The Balaban J connectivity index is 1.16. The SMILES string of the molecule is c1ccc(-c2ccccc2-c2ccccc2-c2ccccc2N(c2ccc(C3CCCCC3)cc2)c2cc3c(cc2-c2ccccc2)-c2ccccc2C3(c2ccccc2)c2ccccc2)cc1. The van der Waals surface area contributed by atoms with Crippen LogP contribution in [0.15, 0.2) is 255 Å². The molecule has 0 radical (unpaired) electrons. The fourth-order valence-corrected chi connectivity index (χ4v) is 11.7. The smallest absolute Gasteiger partial charge is 0.0714 e. The van der Waals surface area contributed by atoms with Gasteiger partial charge in [-0.3, -0.25) is 0 Å². The lowest BCUT2D eigenvalue weighted by molar-refractivity contribution is 0.443. The third-order valence-electron chi connectivity index (χ3n) is 14.8. The standard InChI is InChI=1S/C67H53N/c1-6-24-48(25-7-1)49-42-44-54(45-43-49)68(65-41-23-21-39-60(65)58-37-19-18-36-57(58)56-35-17-16-34-55(56)50-26-8-2-9-27-50)66-47-64-62(46-61(66)51-28-10-3-11-29-51)59-38-20-22-40-63(59)67(64,52-30-12-4-13-31-52)53-32-14-5-15-33-53/h2-5,8-23,26-48H,1,6-7,24-25H2. The Hall–Kier alpha value is -8.00. The number of anilines is 3. The molecule has 12 rings (SSSR count). The third kappa shape index (κ3) is 7.18. The van der Waals surface area contributed by atoms with Crippen LogP contribution in [-0.2, 0) is 5.41 Å². The van der Waals surface area contributed by atoms with Gasteiger partial charge in [0.1, 0.15) is 0 Å². The van der Waals surface area contributed by atoms with Gasteiger partial charge in [-0.15, -0.1) is 0 Å². The molecular formula is C67H53N. The van der Waals surface area contributed by atoms with E-state index in [0.717, 1.165) is 17.1 Å². The van der Waals surface area contributed by atoms with Crippen molar-refractivity contribution in [1.82, 2.24) is 0 Å². The molecule has 0 amide bonds. The van der Waals surface area contributed by atoms with Crippen molar-refractivity contribution in [3.8, 4) is 55.6 Å². The van der Waals surface area contributed by atoms with Crippen molar-refractivity contribution in [3.63, 3.8) is 0 Å². The number of benzene rings is 10. The van der Waals surface area contributed by atoms with Crippen LogP contribution >= 0.6 is 0 Å². The fraction of sp³-hybridized carbons (Fsp3) is 0.104. The predicted molar refractivity (Wildman–Crippen MR) is 286 cm³/mol. The minimum absolute atomic E-state index is 0.567. The monoisotopic (exact) mass is 871 g/mol. The van der Waals surface area contributed by atoms with Crippen molar-refractivity contribution < 1.29 is 0 Å². The average Bonchev–Trinajstić information content (AvgIpc) is 3.72. The van der Waals surface area contributed by atoms with Crippen molar-refractivity contribution in [1.29, 1.82) is 0 Å². The number of para-hydroxylation sites is 1. The van der Waals surface area contributed by atoms with Crippen LogP contribution in [0.2, 0.25) is 0 Å². The average molecular weight is 872 g/mol. The first-order valence-electron chi connectivity index (χ1n) is 24.5. The van der Waals surface area contributed by atoms with E-state index >= 15 is 0 Å². The highest BCUT2D eigenvalue weighted by molar-refractivity contribution is 6.01. The second-order valence-corrected chi connectivity index (χ2v) is 18.5. The van der Waals surface area contributed by atoms with Crippen LogP contribution in [-0.4, -0.2) is 0 Å². The molecule has 0 saturated heterocycles. The molecule has 1 heteroatoms. The molecule has 2 aliphatic rings. The maximum Gasteiger partial charge on any atom is 0.0714 e. The van der Waals surface area contributed by atoms with Crippen molar-refractivity contribution in [3.05, 3.63) is 283 Å². The highest BCUT2D eigenvalue weighted by atomic mass is 15.1. The molecule has 0 N–H and O–H groups in total. The zero-order valence-electron chi connectivity index (χ0n) is 38.3. The molecule has 0 spiro atoms. The van der Waals surface area contributed by atoms with Crippen LogP contribution in [0.3, 0.4) is 0 Å². The lowest BCUT2D eigenvalue weighted by Gasteiger charge is -2.36. The third-order valence-corrected chi connectivity index (χ3v) is 14.8. The molecule has 2 aliphatic carbocycles. The highest BCUT2D eigenvalue weighted by Crippen LogP contribution is 2.59. The predicted octanol–water partition coefficient (Wildman–Crippen LogP) is 18.2. The molecule has 1 saturated carbocycles. The summed E-state index contributed by atoms with van der Waals surface area (Å²) >= 11 is 0. The highest BCUT2D eigenvalue weighted by Gasteiger charge is 2.47. The number of rotatable bonds is 10. The second kappa shape index (κ2) is 18.0. The van der Waals surface area contributed by atoms with Crippen molar-refractivity contribution in [2.24, 2.45) is 0 Å². The van der Waals surface area contributed by atoms with Gasteiger partial charge in [-0.05, 0) is 121 Å². The largest absolute Gasteiger partial charge is 0.309 e. The van der Waals surface area contributed by atoms with E-state index in [0.29, 0.717) is 5.92 Å². The molecule has 0 bridgehead atoms. The Labute approximate surface area is 401 Å². The van der Waals surface area contributed by atoms with Crippen molar-refractivity contribution in [2.75, 3.05) is 4.90 Å². The van der Waals surface area contributed by atoms with Crippen LogP contribution in [0.1, 0.15) is 65.8 Å². The Morgan fingerprint density at radius 1 is 0.309 bits per heavy atom. The van der Waals surface area contributed by atoms with Gasteiger partial charge >= 0.3 is 0 Å².